The van der Waals surface area contributed by atoms with Gasteiger partial charge in [0.25, 0.3) is 11.8 Å². The molecule has 4 aromatic rings. The molecule has 2 N–H and O–H groups in total. The SMILES string of the molecule is Cc1nc(NC23CCC(NC(=O)c4cocn4)(CC2)C3)nc2ccc(-c3ccnc4c3OCCO4)c(F)c12. The molecule has 0 atom stereocenters. The van der Waals surface area contributed by atoms with Gasteiger partial charge in [-0.1, -0.05) is 0 Å². The van der Waals surface area contributed by atoms with Crippen molar-refractivity contribution >= 4 is 22.8 Å². The first kappa shape index (κ1) is 22.9. The summed E-state index contributed by atoms with van der Waals surface area (Å²) < 4.78 is 32.2. The van der Waals surface area contributed by atoms with E-state index in [9.17, 15) is 4.79 Å². The zero-order valence-corrected chi connectivity index (χ0v) is 20.7. The number of benzene rings is 1. The van der Waals surface area contributed by atoms with Crippen LogP contribution in [0.15, 0.2) is 41.5 Å². The second-order valence-corrected chi connectivity index (χ2v) is 10.3. The topological polar surface area (TPSA) is 124 Å². The number of aryl methyl sites for hydroxylation is 1. The van der Waals surface area contributed by atoms with Crippen LogP contribution < -0.4 is 20.1 Å². The summed E-state index contributed by atoms with van der Waals surface area (Å²) in [6.45, 7) is 2.57. The van der Waals surface area contributed by atoms with Crippen LogP contribution in [0.3, 0.4) is 0 Å². The normalized spacial score (nSPS) is 23.5. The van der Waals surface area contributed by atoms with Gasteiger partial charge in [0, 0.05) is 28.4 Å². The highest BCUT2D eigenvalue weighted by Crippen LogP contribution is 2.52. The van der Waals surface area contributed by atoms with Gasteiger partial charge in [0.2, 0.25) is 5.95 Å². The zero-order valence-electron chi connectivity index (χ0n) is 20.7. The molecule has 3 aromatic heterocycles. The molecular formula is C27H25FN6O4. The number of anilines is 1. The summed E-state index contributed by atoms with van der Waals surface area (Å²) >= 11 is 0. The van der Waals surface area contributed by atoms with Crippen LogP contribution in [0.4, 0.5) is 10.3 Å². The third-order valence-electron chi connectivity index (χ3n) is 7.97. The van der Waals surface area contributed by atoms with Crippen LogP contribution in [0, 0.1) is 12.7 Å². The number of oxazole rings is 1. The van der Waals surface area contributed by atoms with Gasteiger partial charge in [-0.2, -0.15) is 0 Å². The highest BCUT2D eigenvalue weighted by Gasteiger charge is 2.55. The lowest BCUT2D eigenvalue weighted by Crippen LogP contribution is -2.45. The molecule has 3 aliphatic rings. The number of carbonyl (C=O) groups is 1. The molecule has 38 heavy (non-hydrogen) atoms. The summed E-state index contributed by atoms with van der Waals surface area (Å²) in [6, 6.07) is 5.22. The van der Waals surface area contributed by atoms with Gasteiger partial charge in [-0.3, -0.25) is 4.79 Å². The molecule has 0 spiro atoms. The Bertz CT molecular complexity index is 1570. The van der Waals surface area contributed by atoms with Crippen molar-refractivity contribution in [2.75, 3.05) is 18.5 Å². The minimum atomic E-state index is -0.413. The van der Waals surface area contributed by atoms with Crippen molar-refractivity contribution in [1.82, 2.24) is 25.3 Å². The maximum absolute atomic E-state index is 15.9. The molecule has 2 fully saturated rings. The Labute approximate surface area is 217 Å². The molecule has 194 valence electrons. The smallest absolute Gasteiger partial charge is 0.273 e. The van der Waals surface area contributed by atoms with Crippen molar-refractivity contribution in [1.29, 1.82) is 0 Å². The Morgan fingerprint density at radius 1 is 1.00 bits per heavy atom. The van der Waals surface area contributed by atoms with E-state index in [-0.39, 0.29) is 22.7 Å². The summed E-state index contributed by atoms with van der Waals surface area (Å²) in [4.78, 5) is 30.1. The number of nitrogens with zero attached hydrogens (tertiary/aromatic N) is 4. The number of carbonyl (C=O) groups excluding carboxylic acids is 1. The molecule has 0 unspecified atom stereocenters. The Balaban J connectivity index is 1.16. The lowest BCUT2D eigenvalue weighted by Gasteiger charge is -2.29. The molecule has 4 heterocycles. The lowest BCUT2D eigenvalue weighted by atomic mass is 9.91. The zero-order chi connectivity index (χ0) is 25.9. The molecule has 0 saturated heterocycles. The molecule has 2 bridgehead atoms. The van der Waals surface area contributed by atoms with Crippen LogP contribution in [0.5, 0.6) is 11.6 Å². The van der Waals surface area contributed by atoms with Gasteiger partial charge >= 0.3 is 0 Å². The molecule has 1 aliphatic heterocycles. The predicted molar refractivity (Wildman–Crippen MR) is 135 cm³/mol. The standard InChI is InChI=1S/C27H25FN6O4/c1-15-20-18(3-2-16(21(20)28)17-4-9-29-24-22(17)37-10-11-38-24)32-25(31-15)34-27-7-5-26(13-27,6-8-27)33-23(35)19-12-36-14-30-19/h2-4,9,12,14H,5-8,10-11,13H2,1H3,(H,33,35)(H,31,32,34). The van der Waals surface area contributed by atoms with Crippen LogP contribution in [-0.4, -0.2) is 50.1 Å². The number of ether oxygens (including phenoxy) is 2. The number of rotatable bonds is 5. The summed E-state index contributed by atoms with van der Waals surface area (Å²) in [5.41, 5.74) is 1.75. The lowest BCUT2D eigenvalue weighted by molar-refractivity contribution is 0.0896. The van der Waals surface area contributed by atoms with E-state index in [0.717, 1.165) is 32.1 Å². The summed E-state index contributed by atoms with van der Waals surface area (Å²) in [5.74, 6) is 0.619. The van der Waals surface area contributed by atoms with Crippen LogP contribution >= 0.6 is 0 Å². The molecule has 2 saturated carbocycles. The third kappa shape index (κ3) is 3.64. The van der Waals surface area contributed by atoms with Gasteiger partial charge in [-0.05, 0) is 57.2 Å². The molecule has 1 amide bonds. The number of pyridine rings is 1. The van der Waals surface area contributed by atoms with E-state index in [1.54, 1.807) is 31.3 Å². The largest absolute Gasteiger partial charge is 0.484 e. The number of aromatic nitrogens is 4. The number of amides is 1. The Morgan fingerprint density at radius 2 is 1.82 bits per heavy atom. The van der Waals surface area contributed by atoms with Gasteiger partial charge in [-0.25, -0.2) is 24.3 Å². The minimum Gasteiger partial charge on any atom is -0.484 e. The van der Waals surface area contributed by atoms with E-state index < -0.39 is 5.82 Å². The van der Waals surface area contributed by atoms with Crippen molar-refractivity contribution in [2.24, 2.45) is 0 Å². The number of halogens is 1. The van der Waals surface area contributed by atoms with Crippen molar-refractivity contribution in [2.45, 2.75) is 50.1 Å². The van der Waals surface area contributed by atoms with Gasteiger partial charge in [0.05, 0.1) is 16.6 Å². The van der Waals surface area contributed by atoms with Gasteiger partial charge in [0.1, 0.15) is 25.3 Å². The quantitative estimate of drug-likeness (QED) is 0.402. The fourth-order valence-electron chi connectivity index (χ4n) is 6.20. The Morgan fingerprint density at radius 3 is 2.63 bits per heavy atom. The van der Waals surface area contributed by atoms with Crippen LogP contribution in [0.25, 0.3) is 22.0 Å². The minimum absolute atomic E-state index is 0.229. The van der Waals surface area contributed by atoms with Gasteiger partial charge in [-0.15, -0.1) is 0 Å². The van der Waals surface area contributed by atoms with E-state index in [1.807, 2.05) is 0 Å². The van der Waals surface area contributed by atoms with Gasteiger partial charge in [0.15, 0.2) is 17.8 Å². The molecule has 7 rings (SSSR count). The van der Waals surface area contributed by atoms with Crippen molar-refractivity contribution < 1.29 is 23.1 Å². The third-order valence-corrected chi connectivity index (χ3v) is 7.97. The molecule has 0 radical (unpaired) electrons. The summed E-state index contributed by atoms with van der Waals surface area (Å²) in [5, 5.41) is 7.08. The number of hydrogen-bond acceptors (Lipinski definition) is 9. The second-order valence-electron chi connectivity index (χ2n) is 10.3. The van der Waals surface area contributed by atoms with Crippen molar-refractivity contribution in [3.8, 4) is 22.8 Å². The number of hydrogen-bond donors (Lipinski definition) is 2. The van der Waals surface area contributed by atoms with Crippen LogP contribution in [-0.2, 0) is 0 Å². The predicted octanol–water partition coefficient (Wildman–Crippen LogP) is 4.20. The van der Waals surface area contributed by atoms with Gasteiger partial charge < -0.3 is 24.5 Å². The first-order valence-corrected chi connectivity index (χ1v) is 12.7. The van der Waals surface area contributed by atoms with E-state index in [4.69, 9.17) is 13.9 Å². The second kappa shape index (κ2) is 8.37. The highest BCUT2D eigenvalue weighted by molar-refractivity contribution is 5.92. The molecular weight excluding hydrogens is 491 g/mol. The van der Waals surface area contributed by atoms with E-state index in [1.165, 1.54) is 12.7 Å². The Hall–Kier alpha value is -4.28. The maximum atomic E-state index is 15.9. The molecule has 2 aliphatic carbocycles. The van der Waals surface area contributed by atoms with E-state index in [2.05, 4.69) is 30.6 Å². The number of nitrogens with one attached hydrogen (secondary N) is 2. The fraction of sp³-hybridized carbons (Fsp3) is 0.370. The average Bonchev–Trinajstić information content (AvgIpc) is 3.65. The van der Waals surface area contributed by atoms with Crippen molar-refractivity contribution in [3.05, 3.63) is 54.3 Å². The molecule has 11 heteroatoms. The monoisotopic (exact) mass is 516 g/mol. The van der Waals surface area contributed by atoms with Crippen LogP contribution in [0.2, 0.25) is 0 Å². The maximum Gasteiger partial charge on any atom is 0.273 e. The fourth-order valence-corrected chi connectivity index (χ4v) is 6.20. The highest BCUT2D eigenvalue weighted by atomic mass is 19.1. The first-order valence-electron chi connectivity index (χ1n) is 12.7. The average molecular weight is 517 g/mol. The van der Waals surface area contributed by atoms with E-state index >= 15 is 4.39 Å². The van der Waals surface area contributed by atoms with E-state index in [0.29, 0.717) is 58.5 Å². The summed E-state index contributed by atoms with van der Waals surface area (Å²) in [6.07, 6.45) is 8.37. The molecule has 1 aromatic carbocycles. The molecule has 10 nitrogen and oxygen atoms in total. The van der Waals surface area contributed by atoms with Crippen molar-refractivity contribution in [3.63, 3.8) is 0 Å². The van der Waals surface area contributed by atoms with Crippen LogP contribution in [0.1, 0.15) is 48.3 Å². The number of fused-ring (bicyclic) bond motifs is 4. The summed E-state index contributed by atoms with van der Waals surface area (Å²) in [7, 11) is 0. The Kier molecular flexibility index (Phi) is 5.04. The first-order chi connectivity index (χ1) is 18.4.